The van der Waals surface area contributed by atoms with Crippen molar-refractivity contribution >= 4 is 5.78 Å². The number of carbonyl (C=O) groups excluding carboxylic acids is 1. The quantitative estimate of drug-likeness (QED) is 0.715. The molecule has 15 heavy (non-hydrogen) atoms. The van der Waals surface area contributed by atoms with E-state index in [0.29, 0.717) is 18.2 Å². The summed E-state index contributed by atoms with van der Waals surface area (Å²) in [6, 6.07) is 0. The Morgan fingerprint density at radius 1 is 1.33 bits per heavy atom. The van der Waals surface area contributed by atoms with E-state index in [0.717, 1.165) is 18.8 Å². The fourth-order valence-electron chi connectivity index (χ4n) is 1.17. The van der Waals surface area contributed by atoms with Crippen LogP contribution in [0.5, 0.6) is 0 Å². The van der Waals surface area contributed by atoms with Gasteiger partial charge in [0.25, 0.3) is 0 Å². The molecule has 1 aliphatic carbocycles. The SMILES string of the molecule is CCC(C)C.CN(C)CC(=O)C1CCC1. The fourth-order valence-corrected chi connectivity index (χ4v) is 1.17. The monoisotopic (exact) mass is 213 g/mol. The van der Waals surface area contributed by atoms with Crippen LogP contribution in [0.1, 0.15) is 46.5 Å². The molecule has 2 heteroatoms. The average Bonchev–Trinajstić information content (AvgIpc) is 2.00. The maximum Gasteiger partial charge on any atom is 0.149 e. The molecule has 1 rings (SSSR count). The first kappa shape index (κ1) is 14.6. The highest BCUT2D eigenvalue weighted by Crippen LogP contribution is 2.26. The molecule has 0 aromatic rings. The number of hydrogen-bond acceptors (Lipinski definition) is 2. The summed E-state index contributed by atoms with van der Waals surface area (Å²) < 4.78 is 0. The predicted molar refractivity (Wildman–Crippen MR) is 66.0 cm³/mol. The molecule has 0 bridgehead atoms. The van der Waals surface area contributed by atoms with Gasteiger partial charge in [0.1, 0.15) is 5.78 Å². The van der Waals surface area contributed by atoms with Gasteiger partial charge >= 0.3 is 0 Å². The van der Waals surface area contributed by atoms with Gasteiger partial charge in [-0.1, -0.05) is 33.6 Å². The van der Waals surface area contributed by atoms with Crippen molar-refractivity contribution in [1.29, 1.82) is 0 Å². The van der Waals surface area contributed by atoms with E-state index in [1.807, 2.05) is 19.0 Å². The van der Waals surface area contributed by atoms with Gasteiger partial charge in [0.2, 0.25) is 0 Å². The second kappa shape index (κ2) is 7.86. The van der Waals surface area contributed by atoms with Crippen LogP contribution < -0.4 is 0 Å². The zero-order valence-corrected chi connectivity index (χ0v) is 11.0. The van der Waals surface area contributed by atoms with Gasteiger partial charge in [0.05, 0.1) is 6.54 Å². The topological polar surface area (TPSA) is 20.3 Å². The number of Topliss-reactive ketones (excluding diaryl/α,β-unsaturated/α-hetero) is 1. The molecule has 0 aromatic carbocycles. The Labute approximate surface area is 95.0 Å². The van der Waals surface area contributed by atoms with Crippen molar-refractivity contribution in [3.8, 4) is 0 Å². The summed E-state index contributed by atoms with van der Waals surface area (Å²) in [4.78, 5) is 13.1. The molecule has 2 nitrogen and oxygen atoms in total. The van der Waals surface area contributed by atoms with Crippen LogP contribution in [-0.2, 0) is 4.79 Å². The molecule has 0 radical (unpaired) electrons. The summed E-state index contributed by atoms with van der Waals surface area (Å²) in [6.45, 7) is 7.27. The molecule has 0 aliphatic heterocycles. The zero-order chi connectivity index (χ0) is 11.8. The summed E-state index contributed by atoms with van der Waals surface area (Å²) in [5.74, 6) is 1.72. The van der Waals surface area contributed by atoms with Crippen LogP contribution in [-0.4, -0.2) is 31.3 Å². The number of hydrogen-bond donors (Lipinski definition) is 0. The van der Waals surface area contributed by atoms with Gasteiger partial charge in [0.15, 0.2) is 0 Å². The zero-order valence-electron chi connectivity index (χ0n) is 11.0. The van der Waals surface area contributed by atoms with Gasteiger partial charge in [0, 0.05) is 5.92 Å². The van der Waals surface area contributed by atoms with E-state index < -0.39 is 0 Å². The van der Waals surface area contributed by atoms with E-state index in [9.17, 15) is 4.79 Å². The van der Waals surface area contributed by atoms with Crippen molar-refractivity contribution < 1.29 is 4.79 Å². The van der Waals surface area contributed by atoms with Crippen molar-refractivity contribution in [1.82, 2.24) is 4.90 Å². The molecule has 0 saturated heterocycles. The Morgan fingerprint density at radius 3 is 2.00 bits per heavy atom. The molecule has 0 atom stereocenters. The van der Waals surface area contributed by atoms with Gasteiger partial charge in [-0.25, -0.2) is 0 Å². The minimum Gasteiger partial charge on any atom is -0.302 e. The van der Waals surface area contributed by atoms with E-state index in [1.54, 1.807) is 0 Å². The molecule has 1 aliphatic rings. The number of rotatable bonds is 4. The normalized spacial score (nSPS) is 15.9. The van der Waals surface area contributed by atoms with Crippen LogP contribution in [0.4, 0.5) is 0 Å². The summed E-state index contributed by atoms with van der Waals surface area (Å²) in [7, 11) is 3.88. The molecular formula is C13H27NO. The number of carbonyl (C=O) groups is 1. The van der Waals surface area contributed by atoms with Crippen LogP contribution in [0.25, 0.3) is 0 Å². The van der Waals surface area contributed by atoms with Crippen molar-refractivity contribution in [2.45, 2.75) is 46.5 Å². The van der Waals surface area contributed by atoms with Crippen LogP contribution in [0.3, 0.4) is 0 Å². The molecule has 1 saturated carbocycles. The minimum atomic E-state index is 0.405. The van der Waals surface area contributed by atoms with Crippen molar-refractivity contribution in [2.24, 2.45) is 11.8 Å². The molecule has 0 amide bonds. The molecule has 0 N–H and O–H groups in total. The van der Waals surface area contributed by atoms with E-state index in [1.165, 1.54) is 12.8 Å². The highest BCUT2D eigenvalue weighted by Gasteiger charge is 2.24. The second-order valence-electron chi connectivity index (χ2n) is 5.13. The first-order chi connectivity index (χ1) is 6.97. The Morgan fingerprint density at radius 2 is 1.80 bits per heavy atom. The Hall–Kier alpha value is -0.370. The van der Waals surface area contributed by atoms with Gasteiger partial charge in [-0.2, -0.15) is 0 Å². The van der Waals surface area contributed by atoms with Crippen LogP contribution in [0.2, 0.25) is 0 Å². The van der Waals surface area contributed by atoms with Crippen LogP contribution in [0.15, 0.2) is 0 Å². The van der Waals surface area contributed by atoms with Crippen molar-refractivity contribution in [3.63, 3.8) is 0 Å². The maximum absolute atomic E-state index is 11.2. The smallest absolute Gasteiger partial charge is 0.149 e. The third kappa shape index (κ3) is 7.55. The number of ketones is 1. The lowest BCUT2D eigenvalue weighted by molar-refractivity contribution is -0.125. The second-order valence-corrected chi connectivity index (χ2v) is 5.13. The van der Waals surface area contributed by atoms with E-state index in [2.05, 4.69) is 20.8 Å². The largest absolute Gasteiger partial charge is 0.302 e. The average molecular weight is 213 g/mol. The van der Waals surface area contributed by atoms with E-state index in [-0.39, 0.29) is 0 Å². The molecule has 0 unspecified atom stereocenters. The Kier molecular flexibility index (Phi) is 7.67. The predicted octanol–water partition coefficient (Wildman–Crippen LogP) is 2.97. The summed E-state index contributed by atoms with van der Waals surface area (Å²) >= 11 is 0. The highest BCUT2D eigenvalue weighted by atomic mass is 16.1. The molecule has 90 valence electrons. The van der Waals surface area contributed by atoms with Gasteiger partial charge < -0.3 is 4.90 Å². The van der Waals surface area contributed by atoms with Crippen molar-refractivity contribution in [2.75, 3.05) is 20.6 Å². The summed E-state index contributed by atoms with van der Waals surface area (Å²) in [5, 5.41) is 0. The standard InChI is InChI=1S/C8H15NO.C5H12/c1-9(2)6-8(10)7-4-3-5-7;1-4-5(2)3/h7H,3-6H2,1-2H3;5H,4H2,1-3H3. The molecule has 0 aromatic heterocycles. The lowest BCUT2D eigenvalue weighted by Crippen LogP contribution is -2.31. The van der Waals surface area contributed by atoms with Gasteiger partial charge in [-0.3, -0.25) is 4.79 Å². The minimum absolute atomic E-state index is 0.405. The van der Waals surface area contributed by atoms with Crippen LogP contribution in [0, 0.1) is 11.8 Å². The molecule has 0 heterocycles. The summed E-state index contributed by atoms with van der Waals surface area (Å²) in [5.41, 5.74) is 0. The third-order valence-electron chi connectivity index (χ3n) is 2.85. The first-order valence-corrected chi connectivity index (χ1v) is 6.14. The van der Waals surface area contributed by atoms with E-state index >= 15 is 0 Å². The fraction of sp³-hybridized carbons (Fsp3) is 0.923. The Bertz CT molecular complexity index is 171. The first-order valence-electron chi connectivity index (χ1n) is 6.14. The van der Waals surface area contributed by atoms with Crippen molar-refractivity contribution in [3.05, 3.63) is 0 Å². The van der Waals surface area contributed by atoms with Gasteiger partial charge in [-0.15, -0.1) is 0 Å². The molecule has 1 fully saturated rings. The summed E-state index contributed by atoms with van der Waals surface area (Å²) in [6.07, 6.45) is 4.82. The Balaban J connectivity index is 0.000000336. The van der Waals surface area contributed by atoms with Crippen LogP contribution >= 0.6 is 0 Å². The number of likely N-dealkylation sites (N-methyl/N-ethyl adjacent to an activating group) is 1. The van der Waals surface area contributed by atoms with Gasteiger partial charge in [-0.05, 0) is 32.9 Å². The molecule has 0 spiro atoms. The molecular weight excluding hydrogens is 186 g/mol. The number of nitrogens with zero attached hydrogens (tertiary/aromatic N) is 1. The maximum atomic E-state index is 11.2. The highest BCUT2D eigenvalue weighted by molar-refractivity contribution is 5.83. The van der Waals surface area contributed by atoms with E-state index in [4.69, 9.17) is 0 Å². The third-order valence-corrected chi connectivity index (χ3v) is 2.85. The lowest BCUT2D eigenvalue weighted by Gasteiger charge is -2.24. The lowest BCUT2D eigenvalue weighted by atomic mass is 9.82.